The summed E-state index contributed by atoms with van der Waals surface area (Å²) in [4.78, 5) is 43.7. The van der Waals surface area contributed by atoms with E-state index in [2.05, 4.69) is 0 Å². The fraction of sp³-hybridized carbons (Fsp3) is 0.333. The van der Waals surface area contributed by atoms with E-state index in [1.165, 1.54) is 0 Å². The zero-order valence-corrected chi connectivity index (χ0v) is 6.68. The quantitative estimate of drug-likeness (QED) is 0.513. The van der Waals surface area contributed by atoms with E-state index in [0.717, 1.165) is 7.05 Å². The van der Waals surface area contributed by atoms with Crippen LogP contribution < -0.4 is 0 Å². The first-order valence-corrected chi connectivity index (χ1v) is 3.31. The molecule has 1 saturated heterocycles. The molecule has 1 heterocycles. The molecule has 0 aromatic heterocycles. The lowest BCUT2D eigenvalue weighted by atomic mass is 10.3. The standard InChI is InChI=1S/C6H6N2O5/c1-7-3(9)2-4(10)8(5(7)11)6(12)13/h2H2,1H3,(H,12,13). The summed E-state index contributed by atoms with van der Waals surface area (Å²) in [5.41, 5.74) is 0. The van der Waals surface area contributed by atoms with E-state index in [4.69, 9.17) is 5.11 Å². The first-order chi connectivity index (χ1) is 5.95. The van der Waals surface area contributed by atoms with Crippen LogP contribution in [0, 0.1) is 0 Å². The first kappa shape index (κ1) is 9.17. The minimum Gasteiger partial charge on any atom is -0.464 e. The Morgan fingerprint density at radius 1 is 1.31 bits per heavy atom. The van der Waals surface area contributed by atoms with Crippen molar-refractivity contribution in [1.82, 2.24) is 9.80 Å². The summed E-state index contributed by atoms with van der Waals surface area (Å²) in [5.74, 6) is -1.71. The molecule has 1 rings (SSSR count). The van der Waals surface area contributed by atoms with Crippen molar-refractivity contribution >= 4 is 23.9 Å². The largest absolute Gasteiger partial charge is 0.464 e. The zero-order chi connectivity index (χ0) is 10.2. The number of nitrogens with zero attached hydrogens (tertiary/aromatic N) is 2. The Kier molecular flexibility index (Phi) is 2.01. The van der Waals surface area contributed by atoms with Crippen molar-refractivity contribution in [2.24, 2.45) is 0 Å². The smallest absolute Gasteiger partial charge is 0.422 e. The maximum atomic E-state index is 11.0. The maximum Gasteiger partial charge on any atom is 0.422 e. The number of amides is 5. The monoisotopic (exact) mass is 186 g/mol. The average molecular weight is 186 g/mol. The Balaban J connectivity index is 2.99. The molecule has 1 N–H and O–H groups in total. The van der Waals surface area contributed by atoms with E-state index < -0.39 is 30.4 Å². The molecule has 0 unspecified atom stereocenters. The van der Waals surface area contributed by atoms with Gasteiger partial charge in [-0.1, -0.05) is 0 Å². The molecule has 0 atom stereocenters. The second kappa shape index (κ2) is 2.85. The number of barbiturate groups is 1. The van der Waals surface area contributed by atoms with Crippen LogP contribution in [0.3, 0.4) is 0 Å². The van der Waals surface area contributed by atoms with E-state index in [-0.39, 0.29) is 4.90 Å². The van der Waals surface area contributed by atoms with Gasteiger partial charge in [0.1, 0.15) is 6.42 Å². The van der Waals surface area contributed by atoms with Crippen LogP contribution in [0.1, 0.15) is 6.42 Å². The Morgan fingerprint density at radius 3 is 2.31 bits per heavy atom. The topological polar surface area (TPSA) is 95.0 Å². The molecule has 7 heteroatoms. The summed E-state index contributed by atoms with van der Waals surface area (Å²) in [6.07, 6.45) is -2.26. The van der Waals surface area contributed by atoms with Gasteiger partial charge in [0.2, 0.25) is 11.8 Å². The number of carboxylic acid groups (broad SMARTS) is 1. The highest BCUT2D eigenvalue weighted by Gasteiger charge is 2.39. The van der Waals surface area contributed by atoms with Crippen LogP contribution in [-0.4, -0.2) is 45.9 Å². The molecule has 0 aromatic rings. The minimum absolute atomic E-state index is 0.0153. The highest BCUT2D eigenvalue weighted by atomic mass is 16.4. The highest BCUT2D eigenvalue weighted by molar-refractivity contribution is 6.20. The van der Waals surface area contributed by atoms with Crippen molar-refractivity contribution in [2.75, 3.05) is 7.05 Å². The van der Waals surface area contributed by atoms with Gasteiger partial charge in [0.15, 0.2) is 0 Å². The lowest BCUT2D eigenvalue weighted by Gasteiger charge is -2.26. The average Bonchev–Trinajstić information content (AvgIpc) is 1.99. The van der Waals surface area contributed by atoms with Gasteiger partial charge in [-0.05, 0) is 0 Å². The second-order valence-electron chi connectivity index (χ2n) is 2.42. The van der Waals surface area contributed by atoms with Crippen molar-refractivity contribution < 1.29 is 24.3 Å². The fourth-order valence-corrected chi connectivity index (χ4v) is 0.879. The summed E-state index contributed by atoms with van der Waals surface area (Å²) in [7, 11) is 1.12. The van der Waals surface area contributed by atoms with E-state index in [9.17, 15) is 19.2 Å². The van der Waals surface area contributed by atoms with Gasteiger partial charge >= 0.3 is 12.1 Å². The number of carbonyl (C=O) groups excluding carboxylic acids is 3. The molecule has 0 aliphatic carbocycles. The summed E-state index contributed by atoms with van der Waals surface area (Å²) in [6, 6.07) is -1.13. The predicted molar refractivity (Wildman–Crippen MR) is 37.7 cm³/mol. The Bertz CT molecular complexity index is 310. The molecule has 1 aliphatic rings. The third-order valence-corrected chi connectivity index (χ3v) is 1.60. The molecular formula is C6H6N2O5. The summed E-state index contributed by atoms with van der Waals surface area (Å²) in [6.45, 7) is 0. The SMILES string of the molecule is CN1C(=O)CC(=O)N(C(=O)O)C1=O. The van der Waals surface area contributed by atoms with E-state index >= 15 is 0 Å². The molecule has 0 bridgehead atoms. The predicted octanol–water partition coefficient (Wildman–Crippen LogP) is -0.525. The van der Waals surface area contributed by atoms with Crippen molar-refractivity contribution in [3.63, 3.8) is 0 Å². The Labute approximate surface area is 72.5 Å². The van der Waals surface area contributed by atoms with Crippen LogP contribution in [0.4, 0.5) is 9.59 Å². The molecule has 0 radical (unpaired) electrons. The molecule has 0 aromatic carbocycles. The van der Waals surface area contributed by atoms with E-state index in [1.807, 2.05) is 0 Å². The molecule has 1 aliphatic heterocycles. The number of carbonyl (C=O) groups is 4. The lowest BCUT2D eigenvalue weighted by molar-refractivity contribution is -0.140. The minimum atomic E-state index is -1.67. The number of hydrogen-bond donors (Lipinski definition) is 1. The van der Waals surface area contributed by atoms with Gasteiger partial charge in [-0.3, -0.25) is 14.5 Å². The molecule has 70 valence electrons. The van der Waals surface area contributed by atoms with Crippen LogP contribution in [0.2, 0.25) is 0 Å². The molecule has 1 fully saturated rings. The summed E-state index contributed by atoms with van der Waals surface area (Å²) in [5, 5.41) is 8.43. The molecule has 0 saturated carbocycles. The van der Waals surface area contributed by atoms with Crippen molar-refractivity contribution in [3.8, 4) is 0 Å². The second-order valence-corrected chi connectivity index (χ2v) is 2.42. The summed E-state index contributed by atoms with van der Waals surface area (Å²) < 4.78 is 0. The first-order valence-electron chi connectivity index (χ1n) is 3.31. The van der Waals surface area contributed by atoms with Crippen LogP contribution in [0.5, 0.6) is 0 Å². The third-order valence-electron chi connectivity index (χ3n) is 1.60. The molecule has 5 amide bonds. The number of imide groups is 4. The Hall–Kier alpha value is -1.92. The van der Waals surface area contributed by atoms with Crippen LogP contribution in [-0.2, 0) is 9.59 Å². The van der Waals surface area contributed by atoms with E-state index in [1.54, 1.807) is 0 Å². The maximum absolute atomic E-state index is 11.0. The molecule has 13 heavy (non-hydrogen) atoms. The van der Waals surface area contributed by atoms with Crippen molar-refractivity contribution in [2.45, 2.75) is 6.42 Å². The normalized spacial score (nSPS) is 18.1. The highest BCUT2D eigenvalue weighted by Crippen LogP contribution is 2.09. The van der Waals surface area contributed by atoms with E-state index in [0.29, 0.717) is 4.90 Å². The number of rotatable bonds is 0. The van der Waals surface area contributed by atoms with Gasteiger partial charge in [-0.15, -0.1) is 0 Å². The molecular weight excluding hydrogens is 180 g/mol. The third kappa shape index (κ3) is 1.35. The lowest BCUT2D eigenvalue weighted by Crippen LogP contribution is -2.55. The summed E-state index contributed by atoms with van der Waals surface area (Å²) >= 11 is 0. The molecule has 0 spiro atoms. The van der Waals surface area contributed by atoms with Crippen molar-refractivity contribution in [3.05, 3.63) is 0 Å². The van der Waals surface area contributed by atoms with Gasteiger partial charge in [-0.2, -0.15) is 4.90 Å². The molecule has 7 nitrogen and oxygen atoms in total. The number of urea groups is 1. The zero-order valence-electron chi connectivity index (χ0n) is 6.68. The fourth-order valence-electron chi connectivity index (χ4n) is 0.879. The van der Waals surface area contributed by atoms with Gasteiger partial charge in [0.05, 0.1) is 0 Å². The van der Waals surface area contributed by atoms with Gasteiger partial charge in [0.25, 0.3) is 0 Å². The Morgan fingerprint density at radius 2 is 1.85 bits per heavy atom. The van der Waals surface area contributed by atoms with Gasteiger partial charge < -0.3 is 5.11 Å². The van der Waals surface area contributed by atoms with Crippen LogP contribution in [0.25, 0.3) is 0 Å². The number of hydrogen-bond acceptors (Lipinski definition) is 4. The van der Waals surface area contributed by atoms with Crippen LogP contribution in [0.15, 0.2) is 0 Å². The van der Waals surface area contributed by atoms with Crippen LogP contribution >= 0.6 is 0 Å². The van der Waals surface area contributed by atoms with Crippen molar-refractivity contribution in [1.29, 1.82) is 0 Å². The van der Waals surface area contributed by atoms with Gasteiger partial charge in [0, 0.05) is 7.05 Å². The van der Waals surface area contributed by atoms with Gasteiger partial charge in [-0.25, -0.2) is 9.59 Å².